The molecule has 4 nitrogen and oxygen atoms in total. The minimum atomic E-state index is -0.0439. The average Bonchev–Trinajstić information content (AvgIpc) is 3.38. The van der Waals surface area contributed by atoms with Gasteiger partial charge in [-0.25, -0.2) is 0 Å². The van der Waals surface area contributed by atoms with Gasteiger partial charge in [0, 0.05) is 17.3 Å². The van der Waals surface area contributed by atoms with Crippen LogP contribution in [0.5, 0.6) is 0 Å². The van der Waals surface area contributed by atoms with Crippen molar-refractivity contribution in [3.05, 3.63) is 59.7 Å². The SMILES string of the molecule is CC(C)(C)c1ccc(N2C(=O)CSC2c2ccc(NC(=O)C3CCCC3)cc2)cc1. The number of hydrogen-bond acceptors (Lipinski definition) is 3. The van der Waals surface area contributed by atoms with E-state index in [-0.39, 0.29) is 28.5 Å². The first-order chi connectivity index (χ1) is 14.3. The first-order valence-corrected chi connectivity index (χ1v) is 11.8. The second-order valence-corrected chi connectivity index (χ2v) is 10.4. The standard InChI is InChI=1S/C25H30N2O2S/c1-25(2,3)19-10-14-21(15-11-19)27-22(28)16-30-24(27)18-8-12-20(13-9-18)26-23(29)17-6-4-5-7-17/h8-15,17,24H,4-7,16H2,1-3H3,(H,26,29). The summed E-state index contributed by atoms with van der Waals surface area (Å²) < 4.78 is 0. The molecule has 2 amide bonds. The molecule has 1 unspecified atom stereocenters. The largest absolute Gasteiger partial charge is 0.326 e. The van der Waals surface area contributed by atoms with E-state index in [4.69, 9.17) is 0 Å². The van der Waals surface area contributed by atoms with Gasteiger partial charge in [-0.05, 0) is 53.6 Å². The Balaban J connectivity index is 1.49. The van der Waals surface area contributed by atoms with Crippen LogP contribution < -0.4 is 10.2 Å². The van der Waals surface area contributed by atoms with Gasteiger partial charge in [0.1, 0.15) is 5.37 Å². The van der Waals surface area contributed by atoms with E-state index in [9.17, 15) is 9.59 Å². The average molecular weight is 423 g/mol. The first-order valence-electron chi connectivity index (χ1n) is 10.8. The zero-order chi connectivity index (χ0) is 21.3. The molecular weight excluding hydrogens is 392 g/mol. The molecule has 0 radical (unpaired) electrons. The Hall–Kier alpha value is -2.27. The number of rotatable bonds is 4. The van der Waals surface area contributed by atoms with Crippen LogP contribution in [0.2, 0.25) is 0 Å². The summed E-state index contributed by atoms with van der Waals surface area (Å²) in [6, 6.07) is 16.3. The number of nitrogens with one attached hydrogen (secondary N) is 1. The summed E-state index contributed by atoms with van der Waals surface area (Å²) in [4.78, 5) is 26.9. The van der Waals surface area contributed by atoms with Gasteiger partial charge in [-0.2, -0.15) is 0 Å². The topological polar surface area (TPSA) is 49.4 Å². The maximum absolute atomic E-state index is 12.6. The van der Waals surface area contributed by atoms with E-state index < -0.39 is 0 Å². The second-order valence-electron chi connectivity index (χ2n) is 9.32. The molecule has 1 aliphatic heterocycles. The molecule has 5 heteroatoms. The Kier molecular flexibility index (Phi) is 5.92. The van der Waals surface area contributed by atoms with Gasteiger partial charge in [-0.15, -0.1) is 11.8 Å². The highest BCUT2D eigenvalue weighted by Crippen LogP contribution is 2.42. The maximum Gasteiger partial charge on any atom is 0.238 e. The van der Waals surface area contributed by atoms with Gasteiger partial charge >= 0.3 is 0 Å². The molecule has 1 N–H and O–H groups in total. The van der Waals surface area contributed by atoms with Crippen LogP contribution in [0.25, 0.3) is 0 Å². The maximum atomic E-state index is 12.6. The zero-order valence-electron chi connectivity index (χ0n) is 18.0. The third-order valence-corrected chi connectivity index (χ3v) is 7.28. The van der Waals surface area contributed by atoms with Crippen molar-refractivity contribution in [2.75, 3.05) is 16.0 Å². The minimum Gasteiger partial charge on any atom is -0.326 e. The van der Waals surface area contributed by atoms with Crippen LogP contribution >= 0.6 is 11.8 Å². The highest BCUT2D eigenvalue weighted by atomic mass is 32.2. The lowest BCUT2D eigenvalue weighted by Crippen LogP contribution is -2.28. The van der Waals surface area contributed by atoms with Crippen LogP contribution in [0.4, 0.5) is 11.4 Å². The lowest BCUT2D eigenvalue weighted by molar-refractivity contribution is -0.119. The lowest BCUT2D eigenvalue weighted by Gasteiger charge is -2.26. The predicted molar refractivity (Wildman–Crippen MR) is 125 cm³/mol. The number of thioether (sulfide) groups is 1. The molecule has 1 heterocycles. The molecule has 0 bridgehead atoms. The predicted octanol–water partition coefficient (Wildman–Crippen LogP) is 5.89. The Morgan fingerprint density at radius 1 is 1.00 bits per heavy atom. The Morgan fingerprint density at radius 3 is 2.23 bits per heavy atom. The van der Waals surface area contributed by atoms with E-state index in [1.807, 2.05) is 41.3 Å². The van der Waals surface area contributed by atoms with E-state index in [1.165, 1.54) is 5.56 Å². The number of nitrogens with zero attached hydrogens (tertiary/aromatic N) is 1. The number of anilines is 2. The molecule has 0 spiro atoms. The number of hydrogen-bond donors (Lipinski definition) is 1. The fourth-order valence-corrected chi connectivity index (χ4v) is 5.41. The Morgan fingerprint density at radius 2 is 1.63 bits per heavy atom. The summed E-state index contributed by atoms with van der Waals surface area (Å²) in [7, 11) is 0. The van der Waals surface area contributed by atoms with Gasteiger partial charge in [-0.1, -0.05) is 57.9 Å². The van der Waals surface area contributed by atoms with Crippen molar-refractivity contribution in [2.45, 2.75) is 57.2 Å². The zero-order valence-corrected chi connectivity index (χ0v) is 18.8. The Bertz CT molecular complexity index is 910. The van der Waals surface area contributed by atoms with Gasteiger partial charge in [0.2, 0.25) is 11.8 Å². The van der Waals surface area contributed by atoms with Crippen molar-refractivity contribution in [3.8, 4) is 0 Å². The highest BCUT2D eigenvalue weighted by Gasteiger charge is 2.34. The lowest BCUT2D eigenvalue weighted by atomic mass is 9.87. The molecule has 158 valence electrons. The molecule has 1 saturated carbocycles. The molecular formula is C25H30N2O2S. The third-order valence-electron chi connectivity index (χ3n) is 6.07. The fraction of sp³-hybridized carbons (Fsp3) is 0.440. The van der Waals surface area contributed by atoms with Crippen LogP contribution in [0.15, 0.2) is 48.5 Å². The van der Waals surface area contributed by atoms with E-state index in [2.05, 4.69) is 38.2 Å². The number of amides is 2. The number of benzene rings is 2. The highest BCUT2D eigenvalue weighted by molar-refractivity contribution is 8.00. The molecule has 2 aromatic rings. The van der Waals surface area contributed by atoms with Crippen LogP contribution in [-0.4, -0.2) is 17.6 Å². The van der Waals surface area contributed by atoms with Crippen LogP contribution in [0.3, 0.4) is 0 Å². The van der Waals surface area contributed by atoms with Gasteiger partial charge in [0.25, 0.3) is 0 Å². The minimum absolute atomic E-state index is 0.0439. The van der Waals surface area contributed by atoms with Crippen molar-refractivity contribution in [3.63, 3.8) is 0 Å². The van der Waals surface area contributed by atoms with Crippen LogP contribution in [0, 0.1) is 5.92 Å². The number of carbonyl (C=O) groups excluding carboxylic acids is 2. The summed E-state index contributed by atoms with van der Waals surface area (Å²) in [5, 5.41) is 3.00. The van der Waals surface area contributed by atoms with Crippen molar-refractivity contribution in [1.29, 1.82) is 0 Å². The molecule has 30 heavy (non-hydrogen) atoms. The van der Waals surface area contributed by atoms with E-state index in [0.29, 0.717) is 5.75 Å². The smallest absolute Gasteiger partial charge is 0.238 e. The molecule has 1 aliphatic carbocycles. The normalized spacial score (nSPS) is 20.0. The van der Waals surface area contributed by atoms with Crippen molar-refractivity contribution < 1.29 is 9.59 Å². The summed E-state index contributed by atoms with van der Waals surface area (Å²) in [5.74, 6) is 0.892. The summed E-state index contributed by atoms with van der Waals surface area (Å²) >= 11 is 1.65. The van der Waals surface area contributed by atoms with E-state index in [1.54, 1.807) is 11.8 Å². The van der Waals surface area contributed by atoms with Crippen molar-refractivity contribution >= 4 is 35.0 Å². The molecule has 2 aliphatic rings. The molecule has 0 aromatic heterocycles. The summed E-state index contributed by atoms with van der Waals surface area (Å²) in [6.45, 7) is 6.57. The second kappa shape index (κ2) is 8.46. The molecule has 1 saturated heterocycles. The molecule has 2 aromatic carbocycles. The Labute approximate surface area is 183 Å². The van der Waals surface area contributed by atoms with Gasteiger partial charge in [0.05, 0.1) is 5.75 Å². The third kappa shape index (κ3) is 4.41. The summed E-state index contributed by atoms with van der Waals surface area (Å²) in [5.41, 5.74) is 4.17. The number of carbonyl (C=O) groups is 2. The first kappa shape index (κ1) is 21.0. The quantitative estimate of drug-likeness (QED) is 0.668. The van der Waals surface area contributed by atoms with E-state index >= 15 is 0 Å². The van der Waals surface area contributed by atoms with Crippen LogP contribution in [0.1, 0.15) is 63.0 Å². The summed E-state index contributed by atoms with van der Waals surface area (Å²) in [6.07, 6.45) is 4.29. The van der Waals surface area contributed by atoms with Crippen molar-refractivity contribution in [2.24, 2.45) is 5.92 Å². The van der Waals surface area contributed by atoms with Crippen LogP contribution in [-0.2, 0) is 15.0 Å². The van der Waals surface area contributed by atoms with Gasteiger partial charge in [-0.3, -0.25) is 14.5 Å². The van der Waals surface area contributed by atoms with Crippen molar-refractivity contribution in [1.82, 2.24) is 0 Å². The molecule has 2 fully saturated rings. The van der Waals surface area contributed by atoms with Gasteiger partial charge < -0.3 is 5.32 Å². The monoisotopic (exact) mass is 422 g/mol. The molecule has 1 atom stereocenters. The fourth-order valence-electron chi connectivity index (χ4n) is 4.24. The van der Waals surface area contributed by atoms with Gasteiger partial charge in [0.15, 0.2) is 0 Å². The van der Waals surface area contributed by atoms with E-state index in [0.717, 1.165) is 42.6 Å². The molecule has 4 rings (SSSR count).